The minimum Gasteiger partial charge on any atom is -0.398 e. The van der Waals surface area contributed by atoms with Crippen LogP contribution in [0.25, 0.3) is 0 Å². The fourth-order valence-corrected chi connectivity index (χ4v) is 2.72. The highest BCUT2D eigenvalue weighted by molar-refractivity contribution is 14.1. The Hall–Kier alpha value is -0.460. The SMILES string of the molecule is Nc1cc(I)ccc1Sc1ncccc1Cl. The zero-order valence-electron chi connectivity index (χ0n) is 8.15. The molecule has 0 spiro atoms. The van der Waals surface area contributed by atoms with Gasteiger partial charge in [0.25, 0.3) is 0 Å². The molecule has 5 heteroatoms. The molecule has 0 saturated heterocycles. The number of nitrogen functional groups attached to an aromatic ring is 1. The molecule has 1 aromatic carbocycles. The topological polar surface area (TPSA) is 38.9 Å². The predicted octanol–water partition coefficient (Wildman–Crippen LogP) is 4.07. The van der Waals surface area contributed by atoms with Crippen LogP contribution in [0, 0.1) is 3.57 Å². The summed E-state index contributed by atoms with van der Waals surface area (Å²) in [6.45, 7) is 0. The van der Waals surface area contributed by atoms with Gasteiger partial charge in [-0.1, -0.05) is 23.4 Å². The maximum Gasteiger partial charge on any atom is 0.119 e. The van der Waals surface area contributed by atoms with E-state index in [0.717, 1.165) is 19.2 Å². The lowest BCUT2D eigenvalue weighted by atomic mass is 10.3. The van der Waals surface area contributed by atoms with Crippen LogP contribution in [0.4, 0.5) is 5.69 Å². The molecule has 0 unspecified atom stereocenters. The number of hydrogen-bond donors (Lipinski definition) is 1. The van der Waals surface area contributed by atoms with Crippen LogP contribution in [-0.4, -0.2) is 4.98 Å². The molecule has 0 aliphatic rings. The summed E-state index contributed by atoms with van der Waals surface area (Å²) < 4.78 is 1.12. The van der Waals surface area contributed by atoms with Crippen molar-refractivity contribution in [2.45, 2.75) is 9.92 Å². The van der Waals surface area contributed by atoms with Gasteiger partial charge in [-0.3, -0.25) is 0 Å². The molecule has 16 heavy (non-hydrogen) atoms. The molecule has 82 valence electrons. The maximum atomic E-state index is 6.03. The second-order valence-electron chi connectivity index (χ2n) is 3.07. The van der Waals surface area contributed by atoms with Gasteiger partial charge in [0, 0.05) is 20.3 Å². The molecule has 2 nitrogen and oxygen atoms in total. The summed E-state index contributed by atoms with van der Waals surface area (Å²) in [4.78, 5) is 5.18. The van der Waals surface area contributed by atoms with E-state index in [1.54, 1.807) is 6.20 Å². The number of hydrogen-bond acceptors (Lipinski definition) is 3. The van der Waals surface area contributed by atoms with Gasteiger partial charge in [0.1, 0.15) is 5.03 Å². The molecule has 0 aliphatic heterocycles. The molecular weight excluding hydrogens is 355 g/mol. The summed E-state index contributed by atoms with van der Waals surface area (Å²) >= 11 is 9.74. The molecule has 0 saturated carbocycles. The second-order valence-corrected chi connectivity index (χ2v) is 5.76. The Kier molecular flexibility index (Phi) is 3.94. The van der Waals surface area contributed by atoms with E-state index in [0.29, 0.717) is 5.02 Å². The van der Waals surface area contributed by atoms with Crippen LogP contribution in [0.1, 0.15) is 0 Å². The fraction of sp³-hybridized carbons (Fsp3) is 0. The highest BCUT2D eigenvalue weighted by atomic mass is 127. The zero-order chi connectivity index (χ0) is 11.5. The summed E-state index contributed by atoms with van der Waals surface area (Å²) in [5.74, 6) is 0. The standard InChI is InChI=1S/C11H8ClIN2S/c12-8-2-1-5-15-11(8)16-10-4-3-7(13)6-9(10)14/h1-6H,14H2. The van der Waals surface area contributed by atoms with Crippen molar-refractivity contribution in [1.82, 2.24) is 4.98 Å². The number of rotatable bonds is 2. The first-order chi connectivity index (χ1) is 7.66. The van der Waals surface area contributed by atoms with Crippen LogP contribution in [0.3, 0.4) is 0 Å². The quantitative estimate of drug-likeness (QED) is 0.646. The molecule has 2 aromatic rings. The van der Waals surface area contributed by atoms with Gasteiger partial charge in [-0.15, -0.1) is 0 Å². The van der Waals surface area contributed by atoms with Crippen molar-refractivity contribution >= 4 is 51.6 Å². The van der Waals surface area contributed by atoms with E-state index in [1.165, 1.54) is 11.8 Å². The lowest BCUT2D eigenvalue weighted by molar-refractivity contribution is 1.13. The minimum absolute atomic E-state index is 0.644. The zero-order valence-corrected chi connectivity index (χ0v) is 11.9. The molecule has 0 bridgehead atoms. The van der Waals surface area contributed by atoms with Gasteiger partial charge >= 0.3 is 0 Å². The van der Waals surface area contributed by atoms with Crippen LogP contribution in [-0.2, 0) is 0 Å². The Morgan fingerprint density at radius 1 is 1.31 bits per heavy atom. The first-order valence-electron chi connectivity index (χ1n) is 4.50. The Balaban J connectivity index is 2.31. The van der Waals surface area contributed by atoms with E-state index < -0.39 is 0 Å². The van der Waals surface area contributed by atoms with Gasteiger partial charge in [0.05, 0.1) is 5.02 Å². The summed E-state index contributed by atoms with van der Waals surface area (Å²) in [5.41, 5.74) is 6.67. The number of nitrogens with zero attached hydrogens (tertiary/aromatic N) is 1. The van der Waals surface area contributed by atoms with E-state index in [9.17, 15) is 0 Å². The fourth-order valence-electron chi connectivity index (χ4n) is 1.16. The van der Waals surface area contributed by atoms with Gasteiger partial charge < -0.3 is 5.73 Å². The average Bonchev–Trinajstić information content (AvgIpc) is 2.25. The van der Waals surface area contributed by atoms with Crippen molar-refractivity contribution in [1.29, 1.82) is 0 Å². The van der Waals surface area contributed by atoms with Crippen molar-refractivity contribution in [3.8, 4) is 0 Å². The van der Waals surface area contributed by atoms with Gasteiger partial charge in [-0.05, 0) is 52.9 Å². The lowest BCUT2D eigenvalue weighted by Gasteiger charge is -2.06. The smallest absolute Gasteiger partial charge is 0.119 e. The van der Waals surface area contributed by atoms with Crippen LogP contribution >= 0.6 is 46.0 Å². The third-order valence-corrected chi connectivity index (χ3v) is 4.10. The molecule has 0 amide bonds. The first kappa shape index (κ1) is 12.0. The van der Waals surface area contributed by atoms with E-state index in [4.69, 9.17) is 17.3 Å². The van der Waals surface area contributed by atoms with Crippen molar-refractivity contribution in [3.05, 3.63) is 45.1 Å². The molecule has 1 aromatic heterocycles. The molecule has 0 aliphatic carbocycles. The van der Waals surface area contributed by atoms with Crippen molar-refractivity contribution in [3.63, 3.8) is 0 Å². The summed E-state index contributed by atoms with van der Waals surface area (Å²) in [6, 6.07) is 9.55. The number of benzene rings is 1. The van der Waals surface area contributed by atoms with Crippen molar-refractivity contribution in [2.24, 2.45) is 0 Å². The summed E-state index contributed by atoms with van der Waals surface area (Å²) in [6.07, 6.45) is 1.72. The predicted molar refractivity (Wildman–Crippen MR) is 76.9 cm³/mol. The molecule has 2 rings (SSSR count). The van der Waals surface area contributed by atoms with Gasteiger partial charge in [0.2, 0.25) is 0 Å². The van der Waals surface area contributed by atoms with Crippen LogP contribution in [0.5, 0.6) is 0 Å². The van der Waals surface area contributed by atoms with E-state index in [2.05, 4.69) is 27.6 Å². The molecule has 1 heterocycles. The number of pyridine rings is 1. The Morgan fingerprint density at radius 3 is 2.81 bits per heavy atom. The molecule has 0 atom stereocenters. The highest BCUT2D eigenvalue weighted by Gasteiger charge is 2.06. The molecule has 0 fully saturated rings. The summed E-state index contributed by atoms with van der Waals surface area (Å²) in [5, 5.41) is 1.42. The number of aromatic nitrogens is 1. The van der Waals surface area contributed by atoms with E-state index in [-0.39, 0.29) is 0 Å². The summed E-state index contributed by atoms with van der Waals surface area (Å²) in [7, 11) is 0. The molecule has 0 radical (unpaired) electrons. The van der Waals surface area contributed by atoms with Crippen molar-refractivity contribution in [2.75, 3.05) is 5.73 Å². The maximum absolute atomic E-state index is 6.03. The van der Waals surface area contributed by atoms with Crippen LogP contribution in [0.15, 0.2) is 46.5 Å². The molecule has 2 N–H and O–H groups in total. The van der Waals surface area contributed by atoms with Crippen LogP contribution < -0.4 is 5.73 Å². The Labute approximate surface area is 117 Å². The third-order valence-electron chi connectivity index (χ3n) is 1.90. The molecular formula is C11H8ClIN2S. The minimum atomic E-state index is 0.644. The van der Waals surface area contributed by atoms with E-state index >= 15 is 0 Å². The largest absolute Gasteiger partial charge is 0.398 e. The first-order valence-corrected chi connectivity index (χ1v) is 6.77. The van der Waals surface area contributed by atoms with Crippen molar-refractivity contribution < 1.29 is 0 Å². The Bertz CT molecular complexity index is 519. The second kappa shape index (κ2) is 5.25. The highest BCUT2D eigenvalue weighted by Crippen LogP contribution is 2.34. The van der Waals surface area contributed by atoms with Gasteiger partial charge in [0.15, 0.2) is 0 Å². The van der Waals surface area contributed by atoms with Gasteiger partial charge in [-0.2, -0.15) is 0 Å². The number of halogens is 2. The van der Waals surface area contributed by atoms with Gasteiger partial charge in [-0.25, -0.2) is 4.98 Å². The Morgan fingerprint density at radius 2 is 2.12 bits per heavy atom. The normalized spacial score (nSPS) is 10.4. The lowest BCUT2D eigenvalue weighted by Crippen LogP contribution is -1.90. The average molecular weight is 363 g/mol. The number of nitrogens with two attached hydrogens (primary N) is 1. The monoisotopic (exact) mass is 362 g/mol. The number of anilines is 1. The van der Waals surface area contributed by atoms with Crippen LogP contribution in [0.2, 0.25) is 5.02 Å². The van der Waals surface area contributed by atoms with E-state index in [1.807, 2.05) is 30.3 Å². The third kappa shape index (κ3) is 2.81.